The van der Waals surface area contributed by atoms with Gasteiger partial charge in [-0.15, -0.1) is 0 Å². The van der Waals surface area contributed by atoms with Crippen LogP contribution in [0.3, 0.4) is 0 Å². The first-order valence-electron chi connectivity index (χ1n) is 5.72. The molecule has 0 saturated carbocycles. The highest BCUT2D eigenvalue weighted by Gasteiger charge is 2.22. The topological polar surface area (TPSA) is 94.8 Å². The normalized spacial score (nSPS) is 10.3. The molecular weight excluding hydrogens is 236 g/mol. The lowest BCUT2D eigenvalue weighted by Gasteiger charge is -2.13. The Hall–Kier alpha value is -2.04. The number of hydrogen-bond acceptors (Lipinski definition) is 3. The molecule has 0 spiro atoms. The number of aromatic hydroxyl groups is 1. The van der Waals surface area contributed by atoms with Gasteiger partial charge in [-0.05, 0) is 37.0 Å². The molecule has 0 aliphatic carbocycles. The van der Waals surface area contributed by atoms with E-state index in [-0.39, 0.29) is 11.1 Å². The minimum Gasteiger partial charge on any atom is -0.507 e. The maximum atomic E-state index is 11.1. The zero-order valence-electron chi connectivity index (χ0n) is 10.4. The Balaban J connectivity index is 3.48. The summed E-state index contributed by atoms with van der Waals surface area (Å²) in [4.78, 5) is 22.2. The summed E-state index contributed by atoms with van der Waals surface area (Å²) in [5.41, 5.74) is 0.572. The minimum absolute atomic E-state index is 0.0522. The van der Waals surface area contributed by atoms with Crippen LogP contribution in [0.25, 0.3) is 0 Å². The van der Waals surface area contributed by atoms with E-state index in [9.17, 15) is 14.7 Å². The third kappa shape index (κ3) is 2.61. The van der Waals surface area contributed by atoms with Gasteiger partial charge in [0.15, 0.2) is 0 Å². The molecule has 0 heterocycles. The van der Waals surface area contributed by atoms with E-state index >= 15 is 0 Å². The van der Waals surface area contributed by atoms with Crippen molar-refractivity contribution in [2.75, 3.05) is 0 Å². The average molecular weight is 252 g/mol. The molecule has 1 aromatic carbocycles. The van der Waals surface area contributed by atoms with Crippen molar-refractivity contribution in [2.45, 2.75) is 33.1 Å². The Kier molecular flexibility index (Phi) is 4.31. The summed E-state index contributed by atoms with van der Waals surface area (Å²) < 4.78 is 0. The van der Waals surface area contributed by atoms with Crippen molar-refractivity contribution in [3.05, 3.63) is 28.3 Å². The molecule has 0 amide bonds. The van der Waals surface area contributed by atoms with Crippen LogP contribution in [0.15, 0.2) is 6.07 Å². The van der Waals surface area contributed by atoms with E-state index in [0.29, 0.717) is 17.5 Å². The standard InChI is InChI=1S/C13H16O5/c1-3-4-5-8-7(2)9(12(15)16)6-10(14)11(8)13(17)18/h6,14H,3-5H2,1-2H3,(H,15,16)(H,17,18). The zero-order chi connectivity index (χ0) is 13.9. The van der Waals surface area contributed by atoms with Gasteiger partial charge in [0.1, 0.15) is 11.3 Å². The van der Waals surface area contributed by atoms with Gasteiger partial charge < -0.3 is 15.3 Å². The Morgan fingerprint density at radius 1 is 1.22 bits per heavy atom. The largest absolute Gasteiger partial charge is 0.507 e. The number of carboxylic acid groups (broad SMARTS) is 2. The van der Waals surface area contributed by atoms with E-state index in [4.69, 9.17) is 10.2 Å². The van der Waals surface area contributed by atoms with Crippen molar-refractivity contribution < 1.29 is 24.9 Å². The van der Waals surface area contributed by atoms with Crippen LogP contribution in [0.4, 0.5) is 0 Å². The first kappa shape index (κ1) is 14.0. The van der Waals surface area contributed by atoms with Crippen LogP contribution in [-0.4, -0.2) is 27.3 Å². The Morgan fingerprint density at radius 2 is 1.83 bits per heavy atom. The van der Waals surface area contributed by atoms with Crippen LogP contribution in [0.2, 0.25) is 0 Å². The molecule has 1 aromatic rings. The van der Waals surface area contributed by atoms with Crippen LogP contribution >= 0.6 is 0 Å². The van der Waals surface area contributed by atoms with Crippen molar-refractivity contribution in [2.24, 2.45) is 0 Å². The highest BCUT2D eigenvalue weighted by molar-refractivity contribution is 5.97. The lowest BCUT2D eigenvalue weighted by molar-refractivity contribution is 0.0676. The summed E-state index contributed by atoms with van der Waals surface area (Å²) in [6.45, 7) is 3.52. The summed E-state index contributed by atoms with van der Waals surface area (Å²) in [6.07, 6.45) is 2.04. The fraction of sp³-hybridized carbons (Fsp3) is 0.385. The maximum absolute atomic E-state index is 11.1. The second-order valence-corrected chi connectivity index (χ2v) is 4.14. The maximum Gasteiger partial charge on any atom is 0.339 e. The highest BCUT2D eigenvalue weighted by Crippen LogP contribution is 2.29. The first-order chi connectivity index (χ1) is 8.40. The van der Waals surface area contributed by atoms with Crippen molar-refractivity contribution >= 4 is 11.9 Å². The van der Waals surface area contributed by atoms with Crippen LogP contribution in [-0.2, 0) is 6.42 Å². The number of carbonyl (C=O) groups is 2. The van der Waals surface area contributed by atoms with Gasteiger partial charge in [0.2, 0.25) is 0 Å². The molecule has 0 aliphatic heterocycles. The molecule has 0 fully saturated rings. The molecule has 0 aliphatic rings. The van der Waals surface area contributed by atoms with Gasteiger partial charge in [0.05, 0.1) is 5.56 Å². The summed E-state index contributed by atoms with van der Waals surface area (Å²) in [6, 6.07) is 0.997. The van der Waals surface area contributed by atoms with Crippen LogP contribution in [0, 0.1) is 6.92 Å². The van der Waals surface area contributed by atoms with Gasteiger partial charge in [-0.1, -0.05) is 13.3 Å². The lowest BCUT2D eigenvalue weighted by Crippen LogP contribution is -2.10. The smallest absolute Gasteiger partial charge is 0.339 e. The average Bonchev–Trinajstić information content (AvgIpc) is 2.28. The molecule has 0 bridgehead atoms. The van der Waals surface area contributed by atoms with Crippen molar-refractivity contribution in [3.8, 4) is 5.75 Å². The third-order valence-corrected chi connectivity index (χ3v) is 2.92. The van der Waals surface area contributed by atoms with E-state index in [1.165, 1.54) is 0 Å². The fourth-order valence-corrected chi connectivity index (χ4v) is 1.95. The predicted molar refractivity (Wildman–Crippen MR) is 65.4 cm³/mol. The summed E-state index contributed by atoms with van der Waals surface area (Å²) >= 11 is 0. The van der Waals surface area contributed by atoms with Crippen LogP contribution in [0.5, 0.6) is 5.75 Å². The predicted octanol–water partition coefficient (Wildman–Crippen LogP) is 2.44. The monoisotopic (exact) mass is 252 g/mol. The second kappa shape index (κ2) is 5.53. The number of unbranched alkanes of at least 4 members (excludes halogenated alkanes) is 1. The molecule has 0 radical (unpaired) electrons. The number of hydrogen-bond donors (Lipinski definition) is 3. The van der Waals surface area contributed by atoms with Crippen molar-refractivity contribution in [1.29, 1.82) is 0 Å². The Bertz CT molecular complexity index is 491. The molecular formula is C13H16O5. The molecule has 0 aromatic heterocycles. The van der Waals surface area contributed by atoms with E-state index in [1.807, 2.05) is 6.92 Å². The molecule has 3 N–H and O–H groups in total. The molecule has 98 valence electrons. The molecule has 5 heteroatoms. The minimum atomic E-state index is -1.24. The molecule has 18 heavy (non-hydrogen) atoms. The second-order valence-electron chi connectivity index (χ2n) is 4.14. The van der Waals surface area contributed by atoms with Gasteiger partial charge in [-0.2, -0.15) is 0 Å². The molecule has 0 saturated heterocycles. The van der Waals surface area contributed by atoms with E-state index in [0.717, 1.165) is 18.9 Å². The van der Waals surface area contributed by atoms with Crippen molar-refractivity contribution in [1.82, 2.24) is 0 Å². The fourth-order valence-electron chi connectivity index (χ4n) is 1.95. The van der Waals surface area contributed by atoms with Crippen molar-refractivity contribution in [3.63, 3.8) is 0 Å². The highest BCUT2D eigenvalue weighted by atomic mass is 16.4. The summed E-state index contributed by atoms with van der Waals surface area (Å²) in [7, 11) is 0. The first-order valence-corrected chi connectivity index (χ1v) is 5.72. The van der Waals surface area contributed by atoms with E-state index in [1.54, 1.807) is 6.92 Å². The molecule has 0 unspecified atom stereocenters. The lowest BCUT2D eigenvalue weighted by atomic mass is 9.92. The number of rotatable bonds is 5. The number of carboxylic acids is 2. The van der Waals surface area contributed by atoms with Crippen LogP contribution < -0.4 is 0 Å². The van der Waals surface area contributed by atoms with E-state index in [2.05, 4.69) is 0 Å². The van der Waals surface area contributed by atoms with Gasteiger partial charge in [-0.3, -0.25) is 0 Å². The molecule has 5 nitrogen and oxygen atoms in total. The molecule has 1 rings (SSSR count). The zero-order valence-corrected chi connectivity index (χ0v) is 10.4. The Morgan fingerprint density at radius 3 is 2.28 bits per heavy atom. The SMILES string of the molecule is CCCCc1c(C)c(C(=O)O)cc(O)c1C(=O)O. The van der Waals surface area contributed by atoms with Crippen LogP contribution in [0.1, 0.15) is 51.6 Å². The summed E-state index contributed by atoms with van der Waals surface area (Å²) in [5.74, 6) is -2.90. The van der Waals surface area contributed by atoms with Gasteiger partial charge >= 0.3 is 11.9 Å². The van der Waals surface area contributed by atoms with Gasteiger partial charge in [-0.25, -0.2) is 9.59 Å². The van der Waals surface area contributed by atoms with Gasteiger partial charge in [0, 0.05) is 0 Å². The molecule has 0 atom stereocenters. The summed E-state index contributed by atoms with van der Waals surface area (Å²) in [5, 5.41) is 27.8. The van der Waals surface area contributed by atoms with Gasteiger partial charge in [0.25, 0.3) is 0 Å². The quantitative estimate of drug-likeness (QED) is 0.748. The number of benzene rings is 1. The third-order valence-electron chi connectivity index (χ3n) is 2.92. The Labute approximate surface area is 105 Å². The van der Waals surface area contributed by atoms with E-state index < -0.39 is 17.7 Å². The number of aromatic carboxylic acids is 2. The number of phenols is 1.